The number of alkyl halides is 3. The molecule has 0 saturated carbocycles. The van der Waals surface area contributed by atoms with Gasteiger partial charge in [-0.25, -0.2) is 0 Å². The van der Waals surface area contributed by atoms with Gasteiger partial charge in [0.15, 0.2) is 5.82 Å². The van der Waals surface area contributed by atoms with Crippen molar-refractivity contribution in [2.75, 3.05) is 11.1 Å². The van der Waals surface area contributed by atoms with E-state index >= 15 is 0 Å². The normalized spacial score (nSPS) is 11.1. The molecule has 0 bridgehead atoms. The van der Waals surface area contributed by atoms with Crippen molar-refractivity contribution in [1.29, 1.82) is 5.26 Å². The molecule has 0 aliphatic carbocycles. The zero-order chi connectivity index (χ0) is 13.8. The number of thiol groups is 1. The molecule has 1 N–H and O–H groups in total. The average molecular weight is 278 g/mol. The minimum atomic E-state index is -4.44. The summed E-state index contributed by atoms with van der Waals surface area (Å²) in [5.41, 5.74) is -0.119. The molecule has 0 atom stereocenters. The number of nitrogens with zero attached hydrogens (tertiary/aromatic N) is 3. The van der Waals surface area contributed by atoms with Crippen molar-refractivity contribution >= 4 is 24.4 Å². The molecule has 0 aliphatic rings. The molecule has 0 saturated heterocycles. The summed E-state index contributed by atoms with van der Waals surface area (Å²) in [7, 11) is 0. The predicted octanol–water partition coefficient (Wildman–Crippen LogP) is 1.58. The molecule has 0 unspecified atom stereocenters. The zero-order valence-electron chi connectivity index (χ0n) is 9.03. The van der Waals surface area contributed by atoms with E-state index in [2.05, 4.69) is 23.0 Å². The Kier molecular flexibility index (Phi) is 4.61. The van der Waals surface area contributed by atoms with Crippen molar-refractivity contribution in [1.82, 2.24) is 9.78 Å². The highest BCUT2D eigenvalue weighted by Gasteiger charge is 2.29. The standard InChI is InChI=1S/C9H9F3N4OS/c10-9(11,12)5-16-4-6(3-13)8(15-16)14-7(17)1-2-18/h4,18H,1-2,5H2,(H,14,15,17). The van der Waals surface area contributed by atoms with E-state index in [1.807, 2.05) is 0 Å². The van der Waals surface area contributed by atoms with E-state index < -0.39 is 18.6 Å². The highest BCUT2D eigenvalue weighted by molar-refractivity contribution is 7.80. The largest absolute Gasteiger partial charge is 0.408 e. The number of nitriles is 1. The van der Waals surface area contributed by atoms with Gasteiger partial charge < -0.3 is 5.32 Å². The van der Waals surface area contributed by atoms with Crippen LogP contribution in [0.4, 0.5) is 19.0 Å². The van der Waals surface area contributed by atoms with Gasteiger partial charge in [0.2, 0.25) is 5.91 Å². The maximum absolute atomic E-state index is 12.1. The van der Waals surface area contributed by atoms with Crippen LogP contribution in [0.25, 0.3) is 0 Å². The summed E-state index contributed by atoms with van der Waals surface area (Å²) in [4.78, 5) is 11.2. The Hall–Kier alpha value is -1.69. The Morgan fingerprint density at radius 3 is 2.78 bits per heavy atom. The fourth-order valence-electron chi connectivity index (χ4n) is 1.16. The van der Waals surface area contributed by atoms with E-state index in [1.54, 1.807) is 6.07 Å². The Morgan fingerprint density at radius 2 is 2.28 bits per heavy atom. The molecule has 0 fully saturated rings. The van der Waals surface area contributed by atoms with Crippen LogP contribution in [0.15, 0.2) is 6.20 Å². The number of halogens is 3. The van der Waals surface area contributed by atoms with Crippen LogP contribution in [-0.4, -0.2) is 27.6 Å². The van der Waals surface area contributed by atoms with Gasteiger partial charge in [0.05, 0.1) is 0 Å². The second-order valence-corrected chi connectivity index (χ2v) is 3.78. The monoisotopic (exact) mass is 278 g/mol. The van der Waals surface area contributed by atoms with Gasteiger partial charge in [-0.3, -0.25) is 9.48 Å². The molecule has 1 aromatic heterocycles. The van der Waals surface area contributed by atoms with Crippen LogP contribution < -0.4 is 5.32 Å². The Bertz CT molecular complexity index is 477. The average Bonchev–Trinajstić information content (AvgIpc) is 2.57. The van der Waals surface area contributed by atoms with E-state index in [4.69, 9.17) is 5.26 Å². The van der Waals surface area contributed by atoms with Gasteiger partial charge in [-0.05, 0) is 5.75 Å². The van der Waals surface area contributed by atoms with Crippen LogP contribution >= 0.6 is 12.6 Å². The molecule has 98 valence electrons. The molecule has 0 aliphatic heterocycles. The predicted molar refractivity (Wildman–Crippen MR) is 60.1 cm³/mol. The molecule has 18 heavy (non-hydrogen) atoms. The van der Waals surface area contributed by atoms with Crippen molar-refractivity contribution < 1.29 is 18.0 Å². The molecule has 5 nitrogen and oxygen atoms in total. The number of hydrogen-bond donors (Lipinski definition) is 2. The van der Waals surface area contributed by atoms with Crippen LogP contribution in [0.3, 0.4) is 0 Å². The fraction of sp³-hybridized carbons (Fsp3) is 0.444. The van der Waals surface area contributed by atoms with Crippen molar-refractivity contribution in [2.45, 2.75) is 19.1 Å². The molecular formula is C9H9F3N4OS. The number of aromatic nitrogens is 2. The molecule has 1 rings (SSSR count). The van der Waals surface area contributed by atoms with Gasteiger partial charge in [0.25, 0.3) is 0 Å². The first kappa shape index (κ1) is 14.4. The van der Waals surface area contributed by atoms with E-state index in [1.165, 1.54) is 0 Å². The summed E-state index contributed by atoms with van der Waals surface area (Å²) in [5, 5.41) is 14.5. The van der Waals surface area contributed by atoms with Gasteiger partial charge >= 0.3 is 6.18 Å². The van der Waals surface area contributed by atoms with Gasteiger partial charge in [0.1, 0.15) is 18.2 Å². The Labute approximate surface area is 106 Å². The number of anilines is 1. The first-order valence-corrected chi connectivity index (χ1v) is 5.44. The molecular weight excluding hydrogens is 269 g/mol. The topological polar surface area (TPSA) is 70.7 Å². The first-order valence-electron chi connectivity index (χ1n) is 4.80. The molecule has 0 aromatic carbocycles. The number of carbonyl (C=O) groups is 1. The van der Waals surface area contributed by atoms with E-state index in [0.717, 1.165) is 6.20 Å². The number of carbonyl (C=O) groups excluding carboxylic acids is 1. The van der Waals surface area contributed by atoms with E-state index in [9.17, 15) is 18.0 Å². The van der Waals surface area contributed by atoms with Crippen LogP contribution in [0.5, 0.6) is 0 Å². The lowest BCUT2D eigenvalue weighted by atomic mass is 10.3. The lowest BCUT2D eigenvalue weighted by Crippen LogP contribution is -2.18. The molecule has 1 heterocycles. The van der Waals surface area contributed by atoms with Gasteiger partial charge in [-0.1, -0.05) is 0 Å². The maximum Gasteiger partial charge on any atom is 0.408 e. The molecule has 0 radical (unpaired) electrons. The maximum atomic E-state index is 12.1. The lowest BCUT2D eigenvalue weighted by molar-refractivity contribution is -0.142. The van der Waals surface area contributed by atoms with Crippen LogP contribution in [0, 0.1) is 11.3 Å². The summed E-state index contributed by atoms with van der Waals surface area (Å²) < 4.78 is 36.9. The number of rotatable bonds is 4. The molecule has 9 heteroatoms. The van der Waals surface area contributed by atoms with Gasteiger partial charge in [-0.2, -0.15) is 36.2 Å². The summed E-state index contributed by atoms with van der Waals surface area (Å²) in [6.45, 7) is -1.32. The smallest absolute Gasteiger partial charge is 0.308 e. The van der Waals surface area contributed by atoms with Gasteiger partial charge in [-0.15, -0.1) is 0 Å². The summed E-state index contributed by atoms with van der Waals surface area (Å²) in [6, 6.07) is 1.66. The van der Waals surface area contributed by atoms with Crippen molar-refractivity contribution in [3.05, 3.63) is 11.8 Å². The highest BCUT2D eigenvalue weighted by Crippen LogP contribution is 2.19. The van der Waals surface area contributed by atoms with Crippen LogP contribution in [0.1, 0.15) is 12.0 Å². The second kappa shape index (κ2) is 5.77. The number of nitrogens with one attached hydrogen (secondary N) is 1. The minimum Gasteiger partial charge on any atom is -0.308 e. The van der Waals surface area contributed by atoms with E-state index in [0.29, 0.717) is 4.68 Å². The van der Waals surface area contributed by atoms with Crippen molar-refractivity contribution in [3.63, 3.8) is 0 Å². The fourth-order valence-corrected chi connectivity index (χ4v) is 1.36. The van der Waals surface area contributed by atoms with Gasteiger partial charge in [0, 0.05) is 12.6 Å². The lowest BCUT2D eigenvalue weighted by Gasteiger charge is -2.05. The zero-order valence-corrected chi connectivity index (χ0v) is 9.92. The molecule has 1 amide bonds. The quantitative estimate of drug-likeness (QED) is 0.821. The van der Waals surface area contributed by atoms with Crippen LogP contribution in [0.2, 0.25) is 0 Å². The summed E-state index contributed by atoms with van der Waals surface area (Å²) in [6.07, 6.45) is -3.42. The number of hydrogen-bond acceptors (Lipinski definition) is 4. The Morgan fingerprint density at radius 1 is 1.61 bits per heavy atom. The van der Waals surface area contributed by atoms with Crippen molar-refractivity contribution in [3.8, 4) is 6.07 Å². The third-order valence-electron chi connectivity index (χ3n) is 1.82. The Balaban J connectivity index is 2.86. The SMILES string of the molecule is N#Cc1cn(CC(F)(F)F)nc1NC(=O)CCS. The third-order valence-corrected chi connectivity index (χ3v) is 2.04. The first-order chi connectivity index (χ1) is 8.35. The minimum absolute atomic E-state index is 0.0834. The highest BCUT2D eigenvalue weighted by atomic mass is 32.1. The van der Waals surface area contributed by atoms with Crippen molar-refractivity contribution in [2.24, 2.45) is 0 Å². The molecule has 1 aromatic rings. The third kappa shape index (κ3) is 4.29. The summed E-state index contributed by atoms with van der Waals surface area (Å²) >= 11 is 3.84. The number of amides is 1. The summed E-state index contributed by atoms with van der Waals surface area (Å²) in [5.74, 6) is -0.343. The van der Waals surface area contributed by atoms with E-state index in [-0.39, 0.29) is 23.6 Å². The second-order valence-electron chi connectivity index (χ2n) is 3.34. The molecule has 0 spiro atoms. The van der Waals surface area contributed by atoms with Crippen LogP contribution in [-0.2, 0) is 11.3 Å².